The molecule has 0 heterocycles. The summed E-state index contributed by atoms with van der Waals surface area (Å²) in [5, 5.41) is 6.18. The van der Waals surface area contributed by atoms with E-state index in [2.05, 4.69) is 42.5 Å². The Labute approximate surface area is 135 Å². The van der Waals surface area contributed by atoms with Crippen molar-refractivity contribution < 1.29 is 9.53 Å². The second-order valence-corrected chi connectivity index (χ2v) is 6.58. The summed E-state index contributed by atoms with van der Waals surface area (Å²) in [7, 11) is 1.62. The van der Waals surface area contributed by atoms with Gasteiger partial charge in [-0.2, -0.15) is 0 Å². The minimum absolute atomic E-state index is 0.0330. The van der Waals surface area contributed by atoms with E-state index in [4.69, 9.17) is 4.74 Å². The number of carbonyl (C=O) groups is 1. The molecule has 0 bridgehead atoms. The van der Waals surface area contributed by atoms with Gasteiger partial charge < -0.3 is 15.4 Å². The molecule has 110 valence electrons. The summed E-state index contributed by atoms with van der Waals surface area (Å²) in [6.45, 7) is 0.264. The minimum Gasteiger partial charge on any atom is -0.495 e. The molecule has 1 aliphatic rings. The lowest BCUT2D eigenvalue weighted by molar-refractivity contribution is -0.120. The number of methoxy groups -OCH3 is 1. The molecule has 20 heavy (non-hydrogen) atoms. The maximum atomic E-state index is 11.9. The number of hydrogen-bond donors (Lipinski definition) is 2. The number of benzene rings is 1. The Kier molecular flexibility index (Phi) is 5.72. The molecule has 1 aromatic carbocycles. The number of halogens is 2. The second-order valence-electron chi connectivity index (χ2n) is 4.87. The molecule has 4 nitrogen and oxygen atoms in total. The van der Waals surface area contributed by atoms with E-state index in [1.807, 2.05) is 12.1 Å². The SMILES string of the molecule is COc1cc(NCC(=O)NC2CCCC2)c(Br)cc1Br. The summed E-state index contributed by atoms with van der Waals surface area (Å²) in [4.78, 5) is 11.9. The average molecular weight is 406 g/mol. The van der Waals surface area contributed by atoms with Gasteiger partial charge in [-0.25, -0.2) is 0 Å². The third kappa shape index (κ3) is 4.12. The molecule has 1 amide bonds. The average Bonchev–Trinajstić information content (AvgIpc) is 2.90. The van der Waals surface area contributed by atoms with Crippen LogP contribution in [0.25, 0.3) is 0 Å². The van der Waals surface area contributed by atoms with Crippen molar-refractivity contribution in [2.45, 2.75) is 31.7 Å². The van der Waals surface area contributed by atoms with Crippen LogP contribution >= 0.6 is 31.9 Å². The van der Waals surface area contributed by atoms with Crippen molar-refractivity contribution in [2.75, 3.05) is 19.0 Å². The zero-order valence-corrected chi connectivity index (χ0v) is 14.5. The highest BCUT2D eigenvalue weighted by Gasteiger charge is 2.17. The molecule has 0 spiro atoms. The van der Waals surface area contributed by atoms with Gasteiger partial charge in [-0.3, -0.25) is 4.79 Å². The van der Waals surface area contributed by atoms with Gasteiger partial charge in [0.05, 0.1) is 23.8 Å². The number of carbonyl (C=O) groups excluding carboxylic acids is 1. The van der Waals surface area contributed by atoms with Gasteiger partial charge in [-0.1, -0.05) is 12.8 Å². The monoisotopic (exact) mass is 404 g/mol. The fourth-order valence-corrected chi connectivity index (χ4v) is 3.64. The lowest BCUT2D eigenvalue weighted by atomic mass is 10.2. The van der Waals surface area contributed by atoms with Crippen molar-refractivity contribution in [1.82, 2.24) is 5.32 Å². The van der Waals surface area contributed by atoms with Crippen molar-refractivity contribution in [1.29, 1.82) is 0 Å². The maximum Gasteiger partial charge on any atom is 0.239 e. The number of amides is 1. The van der Waals surface area contributed by atoms with Gasteiger partial charge >= 0.3 is 0 Å². The van der Waals surface area contributed by atoms with Crippen LogP contribution in [0.15, 0.2) is 21.1 Å². The van der Waals surface area contributed by atoms with Gasteiger partial charge in [0.15, 0.2) is 0 Å². The molecule has 0 atom stereocenters. The van der Waals surface area contributed by atoms with Crippen LogP contribution in [-0.2, 0) is 4.79 Å². The van der Waals surface area contributed by atoms with Gasteiger partial charge in [0.2, 0.25) is 5.91 Å². The first-order valence-electron chi connectivity index (χ1n) is 6.66. The van der Waals surface area contributed by atoms with Crippen LogP contribution in [0.1, 0.15) is 25.7 Å². The quantitative estimate of drug-likeness (QED) is 0.785. The number of anilines is 1. The van der Waals surface area contributed by atoms with E-state index in [0.29, 0.717) is 6.04 Å². The van der Waals surface area contributed by atoms with Gasteiger partial charge in [-0.05, 0) is 50.8 Å². The highest BCUT2D eigenvalue weighted by molar-refractivity contribution is 9.11. The van der Waals surface area contributed by atoms with E-state index in [-0.39, 0.29) is 12.5 Å². The van der Waals surface area contributed by atoms with Crippen molar-refractivity contribution in [3.8, 4) is 5.75 Å². The first-order valence-corrected chi connectivity index (χ1v) is 8.25. The zero-order chi connectivity index (χ0) is 14.5. The summed E-state index contributed by atoms with van der Waals surface area (Å²) in [5.74, 6) is 0.762. The lowest BCUT2D eigenvalue weighted by Gasteiger charge is -2.14. The fourth-order valence-electron chi connectivity index (χ4n) is 2.35. The number of nitrogens with one attached hydrogen (secondary N) is 2. The predicted octanol–water partition coefficient (Wildman–Crippen LogP) is 3.69. The molecule has 0 unspecified atom stereocenters. The Morgan fingerprint density at radius 2 is 2.00 bits per heavy atom. The van der Waals surface area contributed by atoms with Crippen LogP contribution in [0.5, 0.6) is 5.75 Å². The van der Waals surface area contributed by atoms with E-state index in [9.17, 15) is 4.79 Å². The Morgan fingerprint density at radius 1 is 1.30 bits per heavy atom. The van der Waals surface area contributed by atoms with E-state index >= 15 is 0 Å². The Morgan fingerprint density at radius 3 is 2.65 bits per heavy atom. The highest BCUT2D eigenvalue weighted by Crippen LogP contribution is 2.34. The summed E-state index contributed by atoms with van der Waals surface area (Å²) < 4.78 is 7.00. The third-order valence-corrected chi connectivity index (χ3v) is 4.68. The van der Waals surface area contributed by atoms with Crippen LogP contribution in [0.3, 0.4) is 0 Å². The largest absolute Gasteiger partial charge is 0.495 e. The van der Waals surface area contributed by atoms with Gasteiger partial charge in [0.1, 0.15) is 5.75 Å². The number of ether oxygens (including phenoxy) is 1. The third-order valence-electron chi connectivity index (χ3n) is 3.40. The predicted molar refractivity (Wildman–Crippen MR) is 87.3 cm³/mol. The molecular weight excluding hydrogens is 388 g/mol. The topological polar surface area (TPSA) is 50.4 Å². The van der Waals surface area contributed by atoms with E-state index < -0.39 is 0 Å². The Bertz CT molecular complexity index is 488. The van der Waals surface area contributed by atoms with Crippen molar-refractivity contribution in [3.63, 3.8) is 0 Å². The second kappa shape index (κ2) is 7.31. The summed E-state index contributed by atoms with van der Waals surface area (Å²) in [6.07, 6.45) is 4.63. The molecule has 1 fully saturated rings. The highest BCUT2D eigenvalue weighted by atomic mass is 79.9. The van der Waals surface area contributed by atoms with Crippen LogP contribution in [0.4, 0.5) is 5.69 Å². The first-order chi connectivity index (χ1) is 9.60. The zero-order valence-electron chi connectivity index (χ0n) is 11.3. The number of hydrogen-bond acceptors (Lipinski definition) is 3. The van der Waals surface area contributed by atoms with Crippen molar-refractivity contribution >= 4 is 43.5 Å². The lowest BCUT2D eigenvalue weighted by Crippen LogP contribution is -2.36. The van der Waals surface area contributed by atoms with Gasteiger partial charge in [0.25, 0.3) is 0 Å². The van der Waals surface area contributed by atoms with Crippen molar-refractivity contribution in [2.24, 2.45) is 0 Å². The van der Waals surface area contributed by atoms with E-state index in [1.54, 1.807) is 7.11 Å². The smallest absolute Gasteiger partial charge is 0.239 e. The molecule has 1 aromatic rings. The molecule has 1 saturated carbocycles. The molecule has 1 aliphatic carbocycles. The van der Waals surface area contributed by atoms with Crippen LogP contribution in [0, 0.1) is 0 Å². The van der Waals surface area contributed by atoms with Gasteiger partial charge in [-0.15, -0.1) is 0 Å². The molecule has 2 N–H and O–H groups in total. The van der Waals surface area contributed by atoms with Crippen molar-refractivity contribution in [3.05, 3.63) is 21.1 Å². The Hall–Kier alpha value is -0.750. The fraction of sp³-hybridized carbons (Fsp3) is 0.500. The number of rotatable bonds is 5. The molecule has 0 saturated heterocycles. The molecular formula is C14H18Br2N2O2. The van der Waals surface area contributed by atoms with Gasteiger partial charge in [0, 0.05) is 16.6 Å². The normalized spacial score (nSPS) is 15.2. The first kappa shape index (κ1) is 15.6. The standard InChI is InChI=1S/C14H18Br2N2O2/c1-20-13-7-12(10(15)6-11(13)16)17-8-14(19)18-9-4-2-3-5-9/h6-7,9,17H,2-5,8H2,1H3,(H,18,19). The molecule has 6 heteroatoms. The minimum atomic E-state index is 0.0330. The van der Waals surface area contributed by atoms with E-state index in [0.717, 1.165) is 33.2 Å². The van der Waals surface area contributed by atoms with Crippen LogP contribution in [0.2, 0.25) is 0 Å². The molecule has 0 aromatic heterocycles. The van der Waals surface area contributed by atoms with Crippen LogP contribution < -0.4 is 15.4 Å². The summed E-state index contributed by atoms with van der Waals surface area (Å²) in [5.41, 5.74) is 0.839. The molecule has 0 radical (unpaired) electrons. The van der Waals surface area contributed by atoms with E-state index in [1.165, 1.54) is 12.8 Å². The Balaban J connectivity index is 1.91. The summed E-state index contributed by atoms with van der Waals surface area (Å²) >= 11 is 6.89. The van der Waals surface area contributed by atoms with Crippen LogP contribution in [-0.4, -0.2) is 25.6 Å². The maximum absolute atomic E-state index is 11.9. The summed E-state index contributed by atoms with van der Waals surface area (Å²) in [6, 6.07) is 4.11. The molecule has 0 aliphatic heterocycles. The molecule has 2 rings (SSSR count).